The van der Waals surface area contributed by atoms with Crippen molar-refractivity contribution in [3.63, 3.8) is 0 Å². The maximum atomic E-state index is 12.2. The number of piperidine rings is 1. The summed E-state index contributed by atoms with van der Waals surface area (Å²) >= 11 is 5.89. The Morgan fingerprint density at radius 1 is 1.08 bits per heavy atom. The van der Waals surface area contributed by atoms with Crippen molar-refractivity contribution in [3.8, 4) is 11.5 Å². The number of nitrogens with two attached hydrogens (primary N) is 1. The van der Waals surface area contributed by atoms with Crippen LogP contribution in [0.5, 0.6) is 11.5 Å². The maximum absolute atomic E-state index is 12.2. The van der Waals surface area contributed by atoms with Crippen LogP contribution in [-0.2, 0) is 10.2 Å². The highest BCUT2D eigenvalue weighted by Gasteiger charge is 2.45. The van der Waals surface area contributed by atoms with Crippen molar-refractivity contribution in [1.29, 1.82) is 0 Å². The van der Waals surface area contributed by atoms with Gasteiger partial charge in [0.15, 0.2) is 0 Å². The summed E-state index contributed by atoms with van der Waals surface area (Å²) in [5.41, 5.74) is 4.78. The first kappa shape index (κ1) is 18.1. The smallest absolute Gasteiger partial charge is 0.314 e. The second-order valence-corrected chi connectivity index (χ2v) is 6.70. The minimum atomic E-state index is -1.13. The molecule has 3 rings (SSSR count). The van der Waals surface area contributed by atoms with Gasteiger partial charge in [0, 0.05) is 23.7 Å². The van der Waals surface area contributed by atoms with Gasteiger partial charge >= 0.3 is 12.0 Å². The van der Waals surface area contributed by atoms with Crippen molar-refractivity contribution in [2.75, 3.05) is 13.1 Å². The third-order valence-corrected chi connectivity index (χ3v) is 5.03. The number of carboxylic acid groups (broad SMARTS) is 1. The second kappa shape index (κ2) is 7.25. The number of hydrogen-bond acceptors (Lipinski definition) is 3. The summed E-state index contributed by atoms with van der Waals surface area (Å²) in [6.07, 6.45) is 0.540. The Morgan fingerprint density at radius 2 is 1.69 bits per heavy atom. The second-order valence-electron chi connectivity index (χ2n) is 6.26. The number of halogens is 1. The molecule has 136 valence electrons. The van der Waals surface area contributed by atoms with Crippen molar-refractivity contribution in [3.05, 3.63) is 59.1 Å². The fourth-order valence-corrected chi connectivity index (χ4v) is 3.41. The number of likely N-dealkylation sites (tertiary alicyclic amines) is 1. The third kappa shape index (κ3) is 3.46. The molecule has 0 spiro atoms. The molecule has 2 aromatic carbocycles. The number of benzene rings is 2. The summed E-state index contributed by atoms with van der Waals surface area (Å²) in [5, 5.41) is 10.6. The van der Waals surface area contributed by atoms with Gasteiger partial charge in [-0.1, -0.05) is 29.8 Å². The number of primary amides is 1. The lowest BCUT2D eigenvalue weighted by molar-refractivity contribution is -0.145. The summed E-state index contributed by atoms with van der Waals surface area (Å²) in [6, 6.07) is 13.4. The molecule has 1 aliphatic rings. The lowest BCUT2D eigenvalue weighted by atomic mass is 9.72. The van der Waals surface area contributed by atoms with E-state index < -0.39 is 17.4 Å². The Hall–Kier alpha value is -2.73. The van der Waals surface area contributed by atoms with Crippen LogP contribution in [0.15, 0.2) is 48.5 Å². The minimum absolute atomic E-state index is 0.270. The number of urea groups is 1. The molecule has 1 aliphatic heterocycles. The number of carbonyl (C=O) groups excluding carboxylic acids is 1. The van der Waals surface area contributed by atoms with E-state index >= 15 is 0 Å². The summed E-state index contributed by atoms with van der Waals surface area (Å²) in [5.74, 6) is 0.107. The van der Waals surface area contributed by atoms with Crippen molar-refractivity contribution in [1.82, 2.24) is 4.90 Å². The van der Waals surface area contributed by atoms with Gasteiger partial charge in [-0.15, -0.1) is 0 Å². The standard InChI is InChI=1S/C19H19ClN2O4/c20-13-5-7-14(8-6-13)26-16-4-2-1-3-15(16)19(17(23)24)9-11-22(12-10-19)18(21)25/h1-8H,9-12H2,(H2,21,25)(H,23,24). The molecule has 0 aromatic heterocycles. The number of carbonyl (C=O) groups is 2. The summed E-state index contributed by atoms with van der Waals surface area (Å²) in [4.78, 5) is 25.0. The number of carboxylic acids is 1. The predicted molar refractivity (Wildman–Crippen MR) is 97.7 cm³/mol. The summed E-state index contributed by atoms with van der Waals surface area (Å²) in [7, 11) is 0. The Bertz CT molecular complexity index is 815. The highest BCUT2D eigenvalue weighted by molar-refractivity contribution is 6.30. The van der Waals surface area contributed by atoms with E-state index in [1.54, 1.807) is 48.5 Å². The Balaban J connectivity index is 1.95. The van der Waals surface area contributed by atoms with Gasteiger partial charge in [-0.2, -0.15) is 0 Å². The van der Waals surface area contributed by atoms with Gasteiger partial charge < -0.3 is 20.5 Å². The normalized spacial score (nSPS) is 16.1. The monoisotopic (exact) mass is 374 g/mol. The SMILES string of the molecule is NC(=O)N1CCC(C(=O)O)(c2ccccc2Oc2ccc(Cl)cc2)CC1. The van der Waals surface area contributed by atoms with E-state index in [9.17, 15) is 14.7 Å². The molecule has 0 saturated carbocycles. The first-order valence-corrected chi connectivity index (χ1v) is 8.61. The number of para-hydroxylation sites is 1. The molecule has 0 bridgehead atoms. The van der Waals surface area contributed by atoms with Crippen LogP contribution in [-0.4, -0.2) is 35.1 Å². The van der Waals surface area contributed by atoms with Crippen LogP contribution in [0.1, 0.15) is 18.4 Å². The molecule has 1 fully saturated rings. The molecule has 26 heavy (non-hydrogen) atoms. The molecule has 2 amide bonds. The quantitative estimate of drug-likeness (QED) is 0.854. The highest BCUT2D eigenvalue weighted by Crippen LogP contribution is 2.42. The van der Waals surface area contributed by atoms with Crippen LogP contribution >= 0.6 is 11.6 Å². The van der Waals surface area contributed by atoms with Crippen LogP contribution < -0.4 is 10.5 Å². The van der Waals surface area contributed by atoms with Gasteiger partial charge in [0.1, 0.15) is 11.5 Å². The van der Waals surface area contributed by atoms with Crippen molar-refractivity contribution in [2.24, 2.45) is 5.73 Å². The highest BCUT2D eigenvalue weighted by atomic mass is 35.5. The van der Waals surface area contributed by atoms with E-state index in [2.05, 4.69) is 0 Å². The molecule has 0 radical (unpaired) electrons. The third-order valence-electron chi connectivity index (χ3n) is 4.78. The fourth-order valence-electron chi connectivity index (χ4n) is 3.29. The van der Waals surface area contributed by atoms with Gasteiger partial charge in [-0.3, -0.25) is 4.79 Å². The molecule has 7 heteroatoms. The number of amides is 2. The first-order valence-electron chi connectivity index (χ1n) is 8.23. The van der Waals surface area contributed by atoms with E-state index in [0.717, 1.165) is 0 Å². The van der Waals surface area contributed by atoms with Crippen LogP contribution in [0.3, 0.4) is 0 Å². The van der Waals surface area contributed by atoms with Crippen molar-refractivity contribution in [2.45, 2.75) is 18.3 Å². The topological polar surface area (TPSA) is 92.9 Å². The molecule has 0 unspecified atom stereocenters. The molecular formula is C19H19ClN2O4. The molecule has 0 atom stereocenters. The van der Waals surface area contributed by atoms with Crippen LogP contribution in [0.25, 0.3) is 0 Å². The number of hydrogen-bond donors (Lipinski definition) is 2. The first-order chi connectivity index (χ1) is 12.4. The lowest BCUT2D eigenvalue weighted by Crippen LogP contribution is -2.50. The number of ether oxygens (including phenoxy) is 1. The zero-order valence-corrected chi connectivity index (χ0v) is 14.8. The zero-order chi connectivity index (χ0) is 18.7. The predicted octanol–water partition coefficient (Wildman–Crippen LogP) is 3.63. The number of aliphatic carboxylic acids is 1. The van der Waals surface area contributed by atoms with E-state index in [0.29, 0.717) is 22.1 Å². The summed E-state index contributed by atoms with van der Waals surface area (Å²) < 4.78 is 5.94. The van der Waals surface area contributed by atoms with E-state index in [4.69, 9.17) is 22.1 Å². The molecule has 3 N–H and O–H groups in total. The Labute approximate surface area is 156 Å². The molecule has 1 heterocycles. The molecule has 0 aliphatic carbocycles. The molecule has 1 saturated heterocycles. The average Bonchev–Trinajstić information content (AvgIpc) is 2.64. The number of nitrogens with zero attached hydrogens (tertiary/aromatic N) is 1. The van der Waals surface area contributed by atoms with Gasteiger partial charge in [0.2, 0.25) is 0 Å². The fraction of sp³-hybridized carbons (Fsp3) is 0.263. The maximum Gasteiger partial charge on any atom is 0.314 e. The van der Waals surface area contributed by atoms with Gasteiger partial charge in [-0.25, -0.2) is 4.79 Å². The van der Waals surface area contributed by atoms with Gasteiger partial charge in [0.25, 0.3) is 0 Å². The lowest BCUT2D eigenvalue weighted by Gasteiger charge is -2.39. The Kier molecular flexibility index (Phi) is 5.04. The Morgan fingerprint density at radius 3 is 2.27 bits per heavy atom. The van der Waals surface area contributed by atoms with E-state index in [-0.39, 0.29) is 25.9 Å². The van der Waals surface area contributed by atoms with Crippen molar-refractivity contribution >= 4 is 23.6 Å². The minimum Gasteiger partial charge on any atom is -0.481 e. The van der Waals surface area contributed by atoms with E-state index in [1.807, 2.05) is 0 Å². The molecule has 6 nitrogen and oxygen atoms in total. The van der Waals surface area contributed by atoms with Crippen LogP contribution in [0.2, 0.25) is 5.02 Å². The largest absolute Gasteiger partial charge is 0.481 e. The van der Waals surface area contributed by atoms with Gasteiger partial charge in [0.05, 0.1) is 5.41 Å². The zero-order valence-electron chi connectivity index (χ0n) is 14.0. The molecule has 2 aromatic rings. The number of rotatable bonds is 4. The van der Waals surface area contributed by atoms with Crippen LogP contribution in [0.4, 0.5) is 4.79 Å². The summed E-state index contributed by atoms with van der Waals surface area (Å²) in [6.45, 7) is 0.577. The van der Waals surface area contributed by atoms with Gasteiger partial charge in [-0.05, 0) is 43.2 Å². The van der Waals surface area contributed by atoms with E-state index in [1.165, 1.54) is 4.90 Å². The molecular weight excluding hydrogens is 356 g/mol. The van der Waals surface area contributed by atoms with Crippen molar-refractivity contribution < 1.29 is 19.4 Å². The average molecular weight is 375 g/mol. The van der Waals surface area contributed by atoms with Crippen LogP contribution in [0, 0.1) is 0 Å².